The highest BCUT2D eigenvalue weighted by Gasteiger charge is 2.15. The van der Waals surface area contributed by atoms with Crippen molar-refractivity contribution in [3.05, 3.63) is 260 Å². The van der Waals surface area contributed by atoms with Gasteiger partial charge in [-0.2, -0.15) is 0 Å². The molecule has 0 saturated carbocycles. The first kappa shape index (κ1) is 41.2. The third kappa shape index (κ3) is 7.02. The molecule has 0 spiro atoms. The first-order valence-electron chi connectivity index (χ1n) is 24.0. The summed E-state index contributed by atoms with van der Waals surface area (Å²) in [6.45, 7) is 4.09. The lowest BCUT2D eigenvalue weighted by atomic mass is 9.90. The van der Waals surface area contributed by atoms with E-state index in [1.165, 1.54) is 108 Å². The number of rotatable bonds is 8. The molecule has 0 aliphatic rings. The molecule has 0 heterocycles. The smallest absolute Gasteiger partial charge is 0.126 e. The fourth-order valence-corrected chi connectivity index (χ4v) is 11.0. The van der Waals surface area contributed by atoms with E-state index in [0.717, 1.165) is 33.6 Å². The Morgan fingerprint density at radius 1 is 0.371 bits per heavy atom. The minimum atomic E-state index is 0.819. The van der Waals surface area contributed by atoms with E-state index in [0.29, 0.717) is 0 Å². The fraction of sp³-hybridized carbons (Fsp3) is 0.0145. The van der Waals surface area contributed by atoms with Crippen molar-refractivity contribution in [1.29, 1.82) is 0 Å². The molecule has 0 atom stereocenters. The van der Waals surface area contributed by atoms with Crippen molar-refractivity contribution in [3.63, 3.8) is 0 Å². The van der Waals surface area contributed by atoms with Crippen LogP contribution in [0.25, 0.3) is 131 Å². The molecule has 0 radical (unpaired) electrons. The summed E-state index contributed by atoms with van der Waals surface area (Å²) in [6, 6.07) is 82.5. The van der Waals surface area contributed by atoms with Gasteiger partial charge in [0.2, 0.25) is 0 Å². The zero-order valence-electron chi connectivity index (χ0n) is 38.8. The minimum absolute atomic E-state index is 0.819. The lowest BCUT2D eigenvalue weighted by molar-refractivity contribution is 0.414. The van der Waals surface area contributed by atoms with Gasteiger partial charge in [0.15, 0.2) is 0 Å². The van der Waals surface area contributed by atoms with Crippen LogP contribution in [0.5, 0.6) is 5.75 Å². The molecule has 0 bridgehead atoms. The van der Waals surface area contributed by atoms with Gasteiger partial charge in [-0.05, 0) is 179 Å². The van der Waals surface area contributed by atoms with E-state index >= 15 is 0 Å². The Kier molecular flexibility index (Phi) is 9.96. The van der Waals surface area contributed by atoms with E-state index in [4.69, 9.17) is 4.74 Å². The lowest BCUT2D eigenvalue weighted by Gasteiger charge is -2.14. The Labute approximate surface area is 407 Å². The third-order valence-electron chi connectivity index (χ3n) is 14.4. The van der Waals surface area contributed by atoms with E-state index in [1.807, 2.05) is 6.08 Å². The quantitative estimate of drug-likeness (QED) is 0.109. The summed E-state index contributed by atoms with van der Waals surface area (Å²) in [7, 11) is 1.74. The monoisotopic (exact) mass is 890 g/mol. The van der Waals surface area contributed by atoms with Crippen molar-refractivity contribution in [2.24, 2.45) is 0 Å². The van der Waals surface area contributed by atoms with Gasteiger partial charge in [0.1, 0.15) is 5.75 Å². The number of allylic oxidation sites excluding steroid dienone is 4. The van der Waals surface area contributed by atoms with Gasteiger partial charge in [-0.15, -0.1) is 0 Å². The van der Waals surface area contributed by atoms with Crippen molar-refractivity contribution in [1.82, 2.24) is 0 Å². The normalized spacial score (nSPS) is 12.2. The van der Waals surface area contributed by atoms with Gasteiger partial charge in [0, 0.05) is 5.56 Å². The maximum atomic E-state index is 5.92. The molecule has 13 rings (SSSR count). The Balaban J connectivity index is 0.804. The number of hydrogen-bond acceptors (Lipinski definition) is 1. The topological polar surface area (TPSA) is 9.23 Å². The van der Waals surface area contributed by atoms with E-state index in [2.05, 4.69) is 249 Å². The summed E-state index contributed by atoms with van der Waals surface area (Å²) in [5.41, 5.74) is 10.4. The molecule has 0 aliphatic heterocycles. The number of hydrogen-bond donors (Lipinski definition) is 0. The minimum Gasteiger partial charge on any atom is -0.496 e. The molecule has 1 heteroatoms. The highest BCUT2D eigenvalue weighted by Crippen LogP contribution is 2.42. The maximum absolute atomic E-state index is 5.92. The Hall–Kier alpha value is -9.04. The summed E-state index contributed by atoms with van der Waals surface area (Å²) in [4.78, 5) is 0. The van der Waals surface area contributed by atoms with Gasteiger partial charge in [-0.1, -0.05) is 207 Å². The Morgan fingerprint density at radius 3 is 1.36 bits per heavy atom. The summed E-state index contributed by atoms with van der Waals surface area (Å²) >= 11 is 0. The van der Waals surface area contributed by atoms with Gasteiger partial charge in [-0.3, -0.25) is 0 Å². The summed E-state index contributed by atoms with van der Waals surface area (Å²) in [5.74, 6) is 0.819. The Morgan fingerprint density at radius 2 is 0.800 bits per heavy atom. The van der Waals surface area contributed by atoms with Crippen LogP contribution >= 0.6 is 0 Å². The van der Waals surface area contributed by atoms with Gasteiger partial charge >= 0.3 is 0 Å². The second kappa shape index (κ2) is 16.9. The summed E-state index contributed by atoms with van der Waals surface area (Å²) in [5, 5.41) is 20.1. The molecule has 0 unspecified atom stereocenters. The molecular formula is C69H46O. The molecule has 13 aromatic rings. The van der Waals surface area contributed by atoms with Crippen LogP contribution in [0.15, 0.2) is 249 Å². The van der Waals surface area contributed by atoms with Crippen LogP contribution in [0, 0.1) is 0 Å². The highest BCUT2D eigenvalue weighted by molar-refractivity contribution is 6.25. The Bertz CT molecular complexity index is 4360. The average Bonchev–Trinajstić information content (AvgIpc) is 3.42. The van der Waals surface area contributed by atoms with E-state index in [1.54, 1.807) is 7.11 Å². The van der Waals surface area contributed by atoms with Crippen LogP contribution in [0.3, 0.4) is 0 Å². The number of benzene rings is 13. The van der Waals surface area contributed by atoms with Crippen molar-refractivity contribution in [2.75, 3.05) is 7.11 Å². The molecule has 0 N–H and O–H groups in total. The molecule has 13 aromatic carbocycles. The number of fused-ring (bicyclic) bond motifs is 12. The maximum Gasteiger partial charge on any atom is 0.126 e. The van der Waals surface area contributed by atoms with Crippen LogP contribution in [0.4, 0.5) is 0 Å². The standard InChI is InChI=1S/C69H46O/c1-3-12-44(47-24-25-51-39-54(30-28-49(51)37-47)65-42-57-33-22-45-13-4-6-15-59(45)68(57)63-19-10-8-17-61(63)65)21-32-56-41-53(35-36-67(56)70-2)48-26-27-52-40-55(31-29-50(52)38-48)66-43-58-34-23-46-14-5-7-16-60(46)69(58)64-20-11-9-18-62(64)66/h3-43H,1H2,2H3/b32-21+,44-12+. The number of ether oxygens (including phenoxy) is 1. The van der Waals surface area contributed by atoms with Gasteiger partial charge in [-0.25, -0.2) is 0 Å². The van der Waals surface area contributed by atoms with Crippen LogP contribution in [0.2, 0.25) is 0 Å². The van der Waals surface area contributed by atoms with Crippen molar-refractivity contribution in [2.45, 2.75) is 0 Å². The van der Waals surface area contributed by atoms with Crippen LogP contribution in [0.1, 0.15) is 11.1 Å². The highest BCUT2D eigenvalue weighted by atomic mass is 16.5. The molecule has 1 nitrogen and oxygen atoms in total. The van der Waals surface area contributed by atoms with Crippen molar-refractivity contribution < 1.29 is 4.74 Å². The van der Waals surface area contributed by atoms with E-state index < -0.39 is 0 Å². The molecule has 0 aliphatic carbocycles. The second-order valence-electron chi connectivity index (χ2n) is 18.4. The molecule has 0 saturated heterocycles. The van der Waals surface area contributed by atoms with Gasteiger partial charge in [0.25, 0.3) is 0 Å². The SMILES string of the molecule is C=C/C=C(\C=C\c1cc(-c2ccc3cc(-c4cc5ccc6ccccc6c5c5ccccc45)ccc3c2)ccc1OC)c1ccc2cc(-c3cc4ccc5ccccc5c4c4ccccc34)ccc2c1. The number of methoxy groups -OCH3 is 1. The second-order valence-corrected chi connectivity index (χ2v) is 18.4. The summed E-state index contributed by atoms with van der Waals surface area (Å²) < 4.78 is 5.92. The first-order chi connectivity index (χ1) is 34.6. The van der Waals surface area contributed by atoms with Crippen LogP contribution in [-0.2, 0) is 0 Å². The van der Waals surface area contributed by atoms with E-state index in [9.17, 15) is 0 Å². The third-order valence-corrected chi connectivity index (χ3v) is 14.4. The predicted octanol–water partition coefficient (Wildman–Crippen LogP) is 19.2. The predicted molar refractivity (Wildman–Crippen MR) is 303 cm³/mol. The average molecular weight is 891 g/mol. The molecule has 0 fully saturated rings. The molecule has 0 aromatic heterocycles. The van der Waals surface area contributed by atoms with Gasteiger partial charge < -0.3 is 4.74 Å². The lowest BCUT2D eigenvalue weighted by Crippen LogP contribution is -1.89. The van der Waals surface area contributed by atoms with Crippen molar-refractivity contribution in [3.8, 4) is 39.1 Å². The van der Waals surface area contributed by atoms with Gasteiger partial charge in [0.05, 0.1) is 7.11 Å². The fourth-order valence-electron chi connectivity index (χ4n) is 11.0. The van der Waals surface area contributed by atoms with E-state index in [-0.39, 0.29) is 0 Å². The molecule has 328 valence electrons. The molecule has 0 amide bonds. The zero-order chi connectivity index (χ0) is 46.7. The molecular weight excluding hydrogens is 845 g/mol. The zero-order valence-corrected chi connectivity index (χ0v) is 38.8. The largest absolute Gasteiger partial charge is 0.496 e. The van der Waals surface area contributed by atoms with Crippen LogP contribution < -0.4 is 4.74 Å². The van der Waals surface area contributed by atoms with Crippen molar-refractivity contribution >= 4 is 97.8 Å². The summed E-state index contributed by atoms with van der Waals surface area (Å²) in [6.07, 6.45) is 8.26. The first-order valence-corrected chi connectivity index (χ1v) is 24.0. The van der Waals surface area contributed by atoms with Crippen LogP contribution in [-0.4, -0.2) is 7.11 Å². The molecule has 70 heavy (non-hydrogen) atoms.